The molecular formula is C14H16N2O4. The van der Waals surface area contributed by atoms with Gasteiger partial charge in [-0.15, -0.1) is 0 Å². The normalized spacial score (nSPS) is 11.3. The molecule has 1 aromatic carbocycles. The van der Waals surface area contributed by atoms with Gasteiger partial charge < -0.3 is 14.4 Å². The Labute approximate surface area is 116 Å². The van der Waals surface area contributed by atoms with Crippen LogP contribution >= 0.6 is 0 Å². The number of hydrogen-bond acceptors (Lipinski definition) is 5. The van der Waals surface area contributed by atoms with Gasteiger partial charge in [0.25, 0.3) is 5.89 Å². The highest BCUT2D eigenvalue weighted by Gasteiger charge is 2.21. The monoisotopic (exact) mass is 276 g/mol. The first kappa shape index (κ1) is 14.0. The summed E-state index contributed by atoms with van der Waals surface area (Å²) in [5, 5.41) is 12.8. The molecule has 0 amide bonds. The van der Waals surface area contributed by atoms with Crippen LogP contribution in [-0.2, 0) is 12.0 Å². The molecule has 1 aromatic heterocycles. The van der Waals surface area contributed by atoms with E-state index in [0.29, 0.717) is 17.5 Å². The molecule has 0 aliphatic rings. The third-order valence-corrected chi connectivity index (χ3v) is 2.58. The molecule has 0 radical (unpaired) electrons. The lowest BCUT2D eigenvalue weighted by atomic mass is 9.96. The molecule has 1 heterocycles. The Hall–Kier alpha value is -2.37. The zero-order chi connectivity index (χ0) is 14.8. The van der Waals surface area contributed by atoms with Gasteiger partial charge in [-0.1, -0.05) is 32.0 Å². The third kappa shape index (κ3) is 3.34. The molecule has 20 heavy (non-hydrogen) atoms. The standard InChI is InChI=1S/C14H16N2O4/c1-14(2,3)13-15-11(20-16-13)8-19-10-6-4-5-9(7-10)12(17)18/h4-7H,8H2,1-3H3,(H,17,18). The smallest absolute Gasteiger partial charge is 0.335 e. The van der Waals surface area contributed by atoms with Crippen LogP contribution in [0.1, 0.15) is 42.8 Å². The number of aromatic carboxylic acids is 1. The van der Waals surface area contributed by atoms with Crippen molar-refractivity contribution < 1.29 is 19.2 Å². The topological polar surface area (TPSA) is 85.5 Å². The number of carboxylic acids is 1. The fraction of sp³-hybridized carbons (Fsp3) is 0.357. The maximum absolute atomic E-state index is 10.8. The summed E-state index contributed by atoms with van der Waals surface area (Å²) in [6.45, 7) is 6.06. The van der Waals surface area contributed by atoms with Crippen molar-refractivity contribution in [3.63, 3.8) is 0 Å². The van der Waals surface area contributed by atoms with E-state index < -0.39 is 5.97 Å². The fourth-order valence-corrected chi connectivity index (χ4v) is 1.48. The van der Waals surface area contributed by atoms with Crippen LogP contribution in [-0.4, -0.2) is 21.2 Å². The van der Waals surface area contributed by atoms with Crippen molar-refractivity contribution in [3.05, 3.63) is 41.5 Å². The van der Waals surface area contributed by atoms with Crippen molar-refractivity contribution in [2.75, 3.05) is 0 Å². The number of hydrogen-bond donors (Lipinski definition) is 1. The molecule has 0 saturated heterocycles. The highest BCUT2D eigenvalue weighted by Crippen LogP contribution is 2.19. The second-order valence-electron chi connectivity index (χ2n) is 5.38. The number of rotatable bonds is 4. The molecule has 0 fully saturated rings. The first-order valence-electron chi connectivity index (χ1n) is 6.15. The molecule has 1 N–H and O–H groups in total. The van der Waals surface area contributed by atoms with E-state index in [1.165, 1.54) is 12.1 Å². The van der Waals surface area contributed by atoms with Crippen molar-refractivity contribution in [1.82, 2.24) is 10.1 Å². The Morgan fingerprint density at radius 3 is 2.75 bits per heavy atom. The number of carboxylic acid groups (broad SMARTS) is 1. The Morgan fingerprint density at radius 2 is 2.15 bits per heavy atom. The molecule has 6 nitrogen and oxygen atoms in total. The molecule has 2 rings (SSSR count). The lowest BCUT2D eigenvalue weighted by Gasteiger charge is -2.10. The minimum atomic E-state index is -0.997. The SMILES string of the molecule is CC(C)(C)c1noc(COc2cccc(C(=O)O)c2)n1. The zero-order valence-corrected chi connectivity index (χ0v) is 11.6. The molecule has 0 spiro atoms. The largest absolute Gasteiger partial charge is 0.484 e. The molecule has 0 aliphatic heterocycles. The lowest BCUT2D eigenvalue weighted by molar-refractivity contribution is 0.0696. The summed E-state index contributed by atoms with van der Waals surface area (Å²) in [6, 6.07) is 6.24. The van der Waals surface area contributed by atoms with Gasteiger partial charge in [-0.25, -0.2) is 4.79 Å². The maximum atomic E-state index is 10.8. The second-order valence-corrected chi connectivity index (χ2v) is 5.38. The minimum absolute atomic E-state index is 0.103. The van der Waals surface area contributed by atoms with E-state index in [2.05, 4.69) is 10.1 Å². The lowest BCUT2D eigenvalue weighted by Crippen LogP contribution is -2.13. The van der Waals surface area contributed by atoms with Crippen LogP contribution in [0.4, 0.5) is 0 Å². The summed E-state index contributed by atoms with van der Waals surface area (Å²) < 4.78 is 10.5. The van der Waals surface area contributed by atoms with Crippen LogP contribution in [0.3, 0.4) is 0 Å². The first-order valence-corrected chi connectivity index (χ1v) is 6.15. The van der Waals surface area contributed by atoms with Gasteiger partial charge in [0.2, 0.25) is 0 Å². The average molecular weight is 276 g/mol. The summed E-state index contributed by atoms with van der Waals surface area (Å²) in [7, 11) is 0. The van der Waals surface area contributed by atoms with Gasteiger partial charge in [-0.2, -0.15) is 4.98 Å². The number of carbonyl (C=O) groups is 1. The van der Waals surface area contributed by atoms with Crippen LogP contribution in [0.5, 0.6) is 5.75 Å². The van der Waals surface area contributed by atoms with Gasteiger partial charge in [-0.3, -0.25) is 0 Å². The molecule has 106 valence electrons. The van der Waals surface area contributed by atoms with E-state index in [9.17, 15) is 4.79 Å². The second kappa shape index (κ2) is 5.32. The van der Waals surface area contributed by atoms with E-state index in [0.717, 1.165) is 0 Å². The number of ether oxygens (including phenoxy) is 1. The van der Waals surface area contributed by atoms with Crippen LogP contribution < -0.4 is 4.74 Å². The molecule has 0 saturated carbocycles. The van der Waals surface area contributed by atoms with Gasteiger partial charge >= 0.3 is 5.97 Å². The summed E-state index contributed by atoms with van der Waals surface area (Å²) in [5.74, 6) is 0.412. The van der Waals surface area contributed by atoms with Crippen LogP contribution in [0, 0.1) is 0 Å². The van der Waals surface area contributed by atoms with Crippen molar-refractivity contribution >= 4 is 5.97 Å². The molecule has 2 aromatic rings. The van der Waals surface area contributed by atoms with E-state index in [-0.39, 0.29) is 17.6 Å². The maximum Gasteiger partial charge on any atom is 0.335 e. The third-order valence-electron chi connectivity index (χ3n) is 2.58. The van der Waals surface area contributed by atoms with Gasteiger partial charge in [0.05, 0.1) is 5.56 Å². The summed E-state index contributed by atoms with van der Waals surface area (Å²) in [6.07, 6.45) is 0. The van der Waals surface area contributed by atoms with Crippen molar-refractivity contribution in [3.8, 4) is 5.75 Å². The van der Waals surface area contributed by atoms with Crippen LogP contribution in [0.15, 0.2) is 28.8 Å². The number of aromatic nitrogens is 2. The molecule has 0 aliphatic carbocycles. The highest BCUT2D eigenvalue weighted by molar-refractivity contribution is 5.87. The first-order chi connectivity index (χ1) is 9.36. The zero-order valence-electron chi connectivity index (χ0n) is 11.6. The predicted octanol–water partition coefficient (Wildman–Crippen LogP) is 2.64. The van der Waals surface area contributed by atoms with Gasteiger partial charge in [0.1, 0.15) is 5.75 Å². The predicted molar refractivity (Wildman–Crippen MR) is 70.7 cm³/mol. The van der Waals surface area contributed by atoms with Crippen molar-refractivity contribution in [2.45, 2.75) is 32.8 Å². The van der Waals surface area contributed by atoms with Crippen LogP contribution in [0.25, 0.3) is 0 Å². The van der Waals surface area contributed by atoms with E-state index in [1.54, 1.807) is 12.1 Å². The van der Waals surface area contributed by atoms with E-state index in [4.69, 9.17) is 14.4 Å². The summed E-state index contributed by atoms with van der Waals surface area (Å²) >= 11 is 0. The Morgan fingerprint density at radius 1 is 1.40 bits per heavy atom. The summed E-state index contributed by atoms with van der Waals surface area (Å²) in [5.41, 5.74) is -0.0197. The van der Waals surface area contributed by atoms with E-state index >= 15 is 0 Å². The Bertz CT molecular complexity index is 614. The quantitative estimate of drug-likeness (QED) is 0.923. The molecular weight excluding hydrogens is 260 g/mol. The van der Waals surface area contributed by atoms with Gasteiger partial charge in [0, 0.05) is 5.41 Å². The van der Waals surface area contributed by atoms with Crippen molar-refractivity contribution in [1.29, 1.82) is 0 Å². The Balaban J connectivity index is 2.04. The van der Waals surface area contributed by atoms with Crippen LogP contribution in [0.2, 0.25) is 0 Å². The van der Waals surface area contributed by atoms with Gasteiger partial charge in [-0.05, 0) is 18.2 Å². The molecule has 0 atom stereocenters. The van der Waals surface area contributed by atoms with Gasteiger partial charge in [0.15, 0.2) is 12.4 Å². The minimum Gasteiger partial charge on any atom is -0.484 e. The number of benzene rings is 1. The molecule has 0 bridgehead atoms. The molecule has 0 unspecified atom stereocenters. The fourth-order valence-electron chi connectivity index (χ4n) is 1.48. The van der Waals surface area contributed by atoms with Crippen molar-refractivity contribution in [2.24, 2.45) is 0 Å². The highest BCUT2D eigenvalue weighted by atomic mass is 16.5. The number of nitrogens with zero attached hydrogens (tertiary/aromatic N) is 2. The summed E-state index contributed by atoms with van der Waals surface area (Å²) in [4.78, 5) is 15.1. The van der Waals surface area contributed by atoms with E-state index in [1.807, 2.05) is 20.8 Å². The molecule has 6 heteroatoms. The Kier molecular flexibility index (Phi) is 3.74. The average Bonchev–Trinajstić information content (AvgIpc) is 2.85.